The Kier molecular flexibility index (Phi) is 5.85. The van der Waals surface area contributed by atoms with Crippen LogP contribution >= 0.6 is 11.6 Å². The maximum atomic E-state index is 13.6. The van der Waals surface area contributed by atoms with E-state index in [-0.39, 0.29) is 28.3 Å². The van der Waals surface area contributed by atoms with Crippen molar-refractivity contribution in [3.8, 4) is 17.2 Å². The number of fused-ring (bicyclic) bond motifs is 2. The van der Waals surface area contributed by atoms with Gasteiger partial charge >= 0.3 is 0 Å². The van der Waals surface area contributed by atoms with Crippen molar-refractivity contribution in [1.82, 2.24) is 4.57 Å². The van der Waals surface area contributed by atoms with Crippen molar-refractivity contribution in [3.05, 3.63) is 87.7 Å². The first kappa shape index (κ1) is 23.7. The summed E-state index contributed by atoms with van der Waals surface area (Å²) in [7, 11) is -2.80. The van der Waals surface area contributed by atoms with Gasteiger partial charge in [0.2, 0.25) is 28.0 Å². The smallest absolute Gasteiger partial charge is 0.245 e. The SMILES string of the molecule is COc1ccc(C(C(N)=O)n2cc(S(=O)(=O)c3ccc(Cl)cc3)c(=O)c3cc4c(cc32)OCO4)cc1. The predicted molar refractivity (Wildman–Crippen MR) is 132 cm³/mol. The summed E-state index contributed by atoms with van der Waals surface area (Å²) in [6.07, 6.45) is 1.14. The summed E-state index contributed by atoms with van der Waals surface area (Å²) >= 11 is 5.92. The van der Waals surface area contributed by atoms with E-state index in [1.54, 1.807) is 24.3 Å². The number of primary amides is 1. The molecule has 4 aromatic rings. The topological polar surface area (TPSA) is 127 Å². The van der Waals surface area contributed by atoms with Gasteiger partial charge in [0.1, 0.15) is 16.7 Å². The lowest BCUT2D eigenvalue weighted by atomic mass is 10.0. The van der Waals surface area contributed by atoms with Crippen LogP contribution in [0.15, 0.2) is 81.4 Å². The third kappa shape index (κ3) is 3.94. The van der Waals surface area contributed by atoms with Crippen molar-refractivity contribution in [2.24, 2.45) is 5.73 Å². The minimum absolute atomic E-state index is 0.0223. The fraction of sp³-hybridized carbons (Fsp3) is 0.120. The number of nitrogens with zero attached hydrogens (tertiary/aromatic N) is 1. The zero-order valence-corrected chi connectivity index (χ0v) is 20.4. The quantitative estimate of drug-likeness (QED) is 0.408. The molecular weight excluding hydrogens is 508 g/mol. The molecule has 11 heteroatoms. The maximum Gasteiger partial charge on any atom is 0.245 e. The van der Waals surface area contributed by atoms with E-state index < -0.39 is 32.1 Å². The molecule has 184 valence electrons. The number of benzene rings is 3. The maximum absolute atomic E-state index is 13.6. The van der Waals surface area contributed by atoms with Crippen molar-refractivity contribution in [2.75, 3.05) is 13.9 Å². The summed E-state index contributed by atoms with van der Waals surface area (Å²) in [5, 5.41) is 0.361. The molecule has 0 fully saturated rings. The molecule has 0 aliphatic carbocycles. The van der Waals surface area contributed by atoms with Gasteiger partial charge in [-0.1, -0.05) is 23.7 Å². The fourth-order valence-corrected chi connectivity index (χ4v) is 5.59. The van der Waals surface area contributed by atoms with Crippen LogP contribution in [0.4, 0.5) is 0 Å². The van der Waals surface area contributed by atoms with E-state index in [0.29, 0.717) is 22.1 Å². The molecule has 0 radical (unpaired) electrons. The van der Waals surface area contributed by atoms with Crippen molar-refractivity contribution < 1.29 is 27.4 Å². The first-order chi connectivity index (χ1) is 17.2. The third-order valence-electron chi connectivity index (χ3n) is 5.89. The van der Waals surface area contributed by atoms with Gasteiger partial charge in [-0.25, -0.2) is 8.42 Å². The van der Waals surface area contributed by atoms with Gasteiger partial charge in [0.25, 0.3) is 0 Å². The van der Waals surface area contributed by atoms with Crippen molar-refractivity contribution in [2.45, 2.75) is 15.8 Å². The van der Waals surface area contributed by atoms with Gasteiger partial charge in [0, 0.05) is 17.3 Å². The number of ether oxygens (including phenoxy) is 3. The molecule has 2 N–H and O–H groups in total. The van der Waals surface area contributed by atoms with E-state index in [1.165, 1.54) is 48.1 Å². The lowest BCUT2D eigenvalue weighted by molar-refractivity contribution is -0.120. The molecule has 1 aliphatic heterocycles. The molecule has 1 atom stereocenters. The highest BCUT2D eigenvalue weighted by Gasteiger charge is 2.30. The van der Waals surface area contributed by atoms with Crippen LogP contribution in [0.5, 0.6) is 17.2 Å². The third-order valence-corrected chi connectivity index (χ3v) is 7.90. The van der Waals surface area contributed by atoms with E-state index in [1.807, 2.05) is 0 Å². The Morgan fingerprint density at radius 2 is 1.69 bits per heavy atom. The summed E-state index contributed by atoms with van der Waals surface area (Å²) in [4.78, 5) is 25.6. The number of nitrogens with two attached hydrogens (primary N) is 1. The molecule has 2 heterocycles. The number of sulfone groups is 1. The van der Waals surface area contributed by atoms with Crippen LogP contribution in [-0.4, -0.2) is 32.8 Å². The van der Waals surface area contributed by atoms with Gasteiger partial charge in [-0.15, -0.1) is 0 Å². The molecule has 1 unspecified atom stereocenters. The van der Waals surface area contributed by atoms with Gasteiger partial charge in [-0.05, 0) is 48.0 Å². The Labute approximate surface area is 210 Å². The Hall–Kier alpha value is -4.02. The van der Waals surface area contributed by atoms with Crippen LogP contribution in [-0.2, 0) is 14.6 Å². The Bertz CT molecular complexity index is 1660. The monoisotopic (exact) mass is 526 g/mol. The van der Waals surface area contributed by atoms with Crippen molar-refractivity contribution in [3.63, 3.8) is 0 Å². The van der Waals surface area contributed by atoms with Gasteiger partial charge in [-0.3, -0.25) is 9.59 Å². The predicted octanol–water partition coefficient (Wildman–Crippen LogP) is 3.30. The summed E-state index contributed by atoms with van der Waals surface area (Å²) < 4.78 is 44.5. The number of rotatable bonds is 6. The molecule has 1 aromatic heterocycles. The molecule has 1 aliphatic rings. The lowest BCUT2D eigenvalue weighted by Crippen LogP contribution is -2.30. The summed E-state index contributed by atoms with van der Waals surface area (Å²) in [6.45, 7) is -0.0620. The molecule has 3 aromatic carbocycles. The van der Waals surface area contributed by atoms with Crippen LogP contribution < -0.4 is 25.4 Å². The summed E-state index contributed by atoms with van der Waals surface area (Å²) in [6, 6.07) is 13.8. The highest BCUT2D eigenvalue weighted by atomic mass is 35.5. The molecule has 0 saturated heterocycles. The molecule has 36 heavy (non-hydrogen) atoms. The fourth-order valence-electron chi connectivity index (χ4n) is 4.11. The molecule has 1 amide bonds. The number of carbonyl (C=O) groups is 1. The lowest BCUT2D eigenvalue weighted by Gasteiger charge is -2.22. The molecule has 0 bridgehead atoms. The first-order valence-electron chi connectivity index (χ1n) is 10.6. The summed E-state index contributed by atoms with van der Waals surface area (Å²) in [5.74, 6) is 0.424. The number of halogens is 1. The Balaban J connectivity index is 1.83. The normalized spacial score (nSPS) is 13.5. The number of hydrogen-bond acceptors (Lipinski definition) is 7. The zero-order chi connectivity index (χ0) is 25.6. The van der Waals surface area contributed by atoms with E-state index in [0.717, 1.165) is 6.20 Å². The minimum Gasteiger partial charge on any atom is -0.497 e. The largest absolute Gasteiger partial charge is 0.497 e. The van der Waals surface area contributed by atoms with Crippen LogP contribution in [0.3, 0.4) is 0 Å². The number of aromatic nitrogens is 1. The van der Waals surface area contributed by atoms with Gasteiger partial charge in [-0.2, -0.15) is 0 Å². The number of hydrogen-bond donors (Lipinski definition) is 1. The highest BCUT2D eigenvalue weighted by Crippen LogP contribution is 2.37. The molecule has 0 saturated carbocycles. The van der Waals surface area contributed by atoms with Crippen LogP contribution in [0, 0.1) is 0 Å². The molecule has 0 spiro atoms. The second-order valence-electron chi connectivity index (χ2n) is 7.99. The van der Waals surface area contributed by atoms with Crippen LogP contribution in [0.1, 0.15) is 11.6 Å². The van der Waals surface area contributed by atoms with Crippen molar-refractivity contribution >= 4 is 38.2 Å². The highest BCUT2D eigenvalue weighted by molar-refractivity contribution is 7.91. The second-order valence-corrected chi connectivity index (χ2v) is 10.3. The van der Waals surface area contributed by atoms with Gasteiger partial charge in [0.15, 0.2) is 11.5 Å². The Morgan fingerprint density at radius 1 is 1.06 bits per heavy atom. The molecule has 5 rings (SSSR count). The van der Waals surface area contributed by atoms with Crippen LogP contribution in [0.2, 0.25) is 5.02 Å². The average Bonchev–Trinajstić information content (AvgIpc) is 3.32. The molecule has 9 nitrogen and oxygen atoms in total. The van der Waals surface area contributed by atoms with Crippen LogP contribution in [0.25, 0.3) is 10.9 Å². The first-order valence-corrected chi connectivity index (χ1v) is 12.5. The number of pyridine rings is 1. The Morgan fingerprint density at radius 3 is 2.31 bits per heavy atom. The summed E-state index contributed by atoms with van der Waals surface area (Å²) in [5.41, 5.74) is 5.76. The zero-order valence-electron chi connectivity index (χ0n) is 18.8. The van der Waals surface area contributed by atoms with Gasteiger partial charge < -0.3 is 24.5 Å². The number of methoxy groups -OCH3 is 1. The second kappa shape index (κ2) is 8.89. The average molecular weight is 527 g/mol. The van der Waals surface area contributed by atoms with Crippen molar-refractivity contribution in [1.29, 1.82) is 0 Å². The van der Waals surface area contributed by atoms with E-state index in [4.69, 9.17) is 31.5 Å². The van der Waals surface area contributed by atoms with Gasteiger partial charge in [0.05, 0.1) is 22.9 Å². The minimum atomic E-state index is -4.30. The standard InChI is InChI=1S/C25H19ClN2O7S/c1-33-16-6-2-14(3-7-16)23(25(27)30)28-12-22(36(31,32)17-8-4-15(26)5-9-17)24(29)18-10-20-21(11-19(18)28)35-13-34-20/h2-12,23H,13H2,1H3,(H2,27,30). The molecular formula is C25H19ClN2O7S. The van der Waals surface area contributed by atoms with E-state index in [2.05, 4.69) is 0 Å². The van der Waals surface area contributed by atoms with E-state index >= 15 is 0 Å². The number of carbonyl (C=O) groups excluding carboxylic acids is 1. The number of amides is 1. The van der Waals surface area contributed by atoms with E-state index in [9.17, 15) is 18.0 Å².